The number of benzene rings is 7. The van der Waals surface area contributed by atoms with Gasteiger partial charge in [-0.05, 0) is 96.3 Å². The van der Waals surface area contributed by atoms with E-state index in [9.17, 15) is 0 Å². The minimum atomic E-state index is 0.996. The molecule has 0 saturated heterocycles. The molecule has 0 heterocycles. The zero-order chi connectivity index (χ0) is 32.8. The molecule has 0 atom stereocenters. The average Bonchev–Trinajstić information content (AvgIpc) is 3.18. The van der Waals surface area contributed by atoms with Crippen LogP contribution in [-0.2, 0) is 0 Å². The van der Waals surface area contributed by atoms with Crippen LogP contribution in [0.3, 0.4) is 0 Å². The highest BCUT2D eigenvalue weighted by Crippen LogP contribution is 2.40. The lowest BCUT2D eigenvalue weighted by Gasteiger charge is -2.15. The molecule has 234 valence electrons. The van der Waals surface area contributed by atoms with Crippen molar-refractivity contribution in [1.82, 2.24) is 5.32 Å². The van der Waals surface area contributed by atoms with E-state index < -0.39 is 0 Å². The molecule has 8 rings (SSSR count). The number of rotatable bonds is 8. The van der Waals surface area contributed by atoms with Gasteiger partial charge in [0.15, 0.2) is 0 Å². The topological polar surface area (TPSA) is 12.0 Å². The number of fused-ring (bicyclic) bond motifs is 6. The molecular formula is C48H37N. The summed E-state index contributed by atoms with van der Waals surface area (Å²) in [4.78, 5) is 0. The summed E-state index contributed by atoms with van der Waals surface area (Å²) in [6.45, 7) is 0. The van der Waals surface area contributed by atoms with E-state index in [1.54, 1.807) is 0 Å². The lowest BCUT2D eigenvalue weighted by Crippen LogP contribution is -2.07. The molecule has 7 aromatic carbocycles. The molecule has 0 bridgehead atoms. The van der Waals surface area contributed by atoms with Crippen molar-refractivity contribution in [2.75, 3.05) is 0 Å². The van der Waals surface area contributed by atoms with Crippen molar-refractivity contribution >= 4 is 49.5 Å². The fourth-order valence-electron chi connectivity index (χ4n) is 6.99. The minimum Gasteiger partial charge on any atom is -0.365 e. The van der Waals surface area contributed by atoms with Gasteiger partial charge in [-0.15, -0.1) is 0 Å². The highest BCUT2D eigenvalue weighted by atomic mass is 14.8. The molecule has 7 aromatic rings. The van der Waals surface area contributed by atoms with Gasteiger partial charge in [-0.2, -0.15) is 0 Å². The Labute approximate surface area is 288 Å². The van der Waals surface area contributed by atoms with Gasteiger partial charge in [0.1, 0.15) is 0 Å². The molecular weight excluding hydrogens is 591 g/mol. The maximum Gasteiger partial charge on any atom is 0.0150 e. The predicted molar refractivity (Wildman–Crippen MR) is 212 cm³/mol. The van der Waals surface area contributed by atoms with Crippen molar-refractivity contribution in [1.29, 1.82) is 0 Å². The number of nitrogens with one attached hydrogen (secondary N) is 1. The Hall–Kier alpha value is -6.18. The average molecular weight is 628 g/mol. The summed E-state index contributed by atoms with van der Waals surface area (Å²) in [5.41, 5.74) is 9.88. The van der Waals surface area contributed by atoms with Crippen molar-refractivity contribution in [3.05, 3.63) is 211 Å². The molecule has 0 aromatic heterocycles. The van der Waals surface area contributed by atoms with Crippen LogP contribution >= 0.6 is 0 Å². The fraction of sp³-hybridized carbons (Fsp3) is 0.0417. The second-order valence-electron chi connectivity index (χ2n) is 12.5. The molecule has 1 nitrogen and oxygen atoms in total. The molecule has 1 heteroatoms. The normalized spacial score (nSPS) is 13.8. The summed E-state index contributed by atoms with van der Waals surface area (Å²) >= 11 is 0. The van der Waals surface area contributed by atoms with Crippen LogP contribution < -0.4 is 5.32 Å². The first kappa shape index (κ1) is 30.2. The molecule has 0 radical (unpaired) electrons. The van der Waals surface area contributed by atoms with Crippen molar-refractivity contribution in [3.63, 3.8) is 0 Å². The highest BCUT2D eigenvalue weighted by molar-refractivity contribution is 6.28. The monoisotopic (exact) mass is 627 g/mol. The largest absolute Gasteiger partial charge is 0.365 e. The van der Waals surface area contributed by atoms with Gasteiger partial charge in [-0.3, -0.25) is 0 Å². The third-order valence-corrected chi connectivity index (χ3v) is 9.49. The Morgan fingerprint density at radius 3 is 1.80 bits per heavy atom. The number of allylic oxidation sites excluding steroid dienone is 8. The lowest BCUT2D eigenvalue weighted by molar-refractivity contribution is 0.880. The van der Waals surface area contributed by atoms with Crippen LogP contribution in [0.15, 0.2) is 194 Å². The van der Waals surface area contributed by atoms with Gasteiger partial charge < -0.3 is 5.32 Å². The number of hydrogen-bond donors (Lipinski definition) is 1. The van der Waals surface area contributed by atoms with Crippen molar-refractivity contribution in [2.24, 2.45) is 0 Å². The fourth-order valence-corrected chi connectivity index (χ4v) is 6.99. The lowest BCUT2D eigenvalue weighted by atomic mass is 9.89. The maximum atomic E-state index is 3.52. The van der Waals surface area contributed by atoms with Gasteiger partial charge in [0, 0.05) is 11.9 Å². The zero-order valence-corrected chi connectivity index (χ0v) is 27.4. The Bertz CT molecular complexity index is 2380. The summed E-state index contributed by atoms with van der Waals surface area (Å²) in [7, 11) is 0. The summed E-state index contributed by atoms with van der Waals surface area (Å²) in [6, 6.07) is 54.5. The summed E-state index contributed by atoms with van der Waals surface area (Å²) < 4.78 is 0. The van der Waals surface area contributed by atoms with Crippen LogP contribution in [0.1, 0.15) is 29.5 Å². The van der Waals surface area contributed by atoms with Crippen LogP contribution in [0.25, 0.3) is 60.7 Å². The van der Waals surface area contributed by atoms with E-state index in [0.29, 0.717) is 0 Å². The van der Waals surface area contributed by atoms with Crippen LogP contribution in [0.5, 0.6) is 0 Å². The predicted octanol–water partition coefficient (Wildman–Crippen LogP) is 12.8. The highest BCUT2D eigenvalue weighted by Gasteiger charge is 2.13. The first-order valence-electron chi connectivity index (χ1n) is 17.1. The van der Waals surface area contributed by atoms with Crippen molar-refractivity contribution < 1.29 is 0 Å². The second kappa shape index (κ2) is 13.9. The van der Waals surface area contributed by atoms with Crippen molar-refractivity contribution in [2.45, 2.75) is 12.8 Å². The molecule has 0 aliphatic heterocycles. The van der Waals surface area contributed by atoms with Gasteiger partial charge in [-0.1, -0.05) is 176 Å². The van der Waals surface area contributed by atoms with E-state index in [1.807, 2.05) is 6.20 Å². The molecule has 0 fully saturated rings. The number of hydrogen-bond acceptors (Lipinski definition) is 1. The third-order valence-electron chi connectivity index (χ3n) is 9.49. The van der Waals surface area contributed by atoms with Crippen LogP contribution in [0, 0.1) is 0 Å². The van der Waals surface area contributed by atoms with Crippen LogP contribution in [-0.4, -0.2) is 0 Å². The van der Waals surface area contributed by atoms with Crippen molar-refractivity contribution in [3.8, 4) is 11.1 Å². The molecule has 0 saturated carbocycles. The first-order chi connectivity index (χ1) is 24.3. The summed E-state index contributed by atoms with van der Waals surface area (Å²) in [6.07, 6.45) is 17.2. The van der Waals surface area contributed by atoms with Gasteiger partial charge in [-0.25, -0.2) is 0 Å². The minimum absolute atomic E-state index is 0.996. The Kier molecular flexibility index (Phi) is 8.56. The molecule has 0 unspecified atom stereocenters. The summed E-state index contributed by atoms with van der Waals surface area (Å²) in [5.74, 6) is 0. The molecule has 1 aliphatic carbocycles. The quantitative estimate of drug-likeness (QED) is 0.131. The molecule has 1 N–H and O–H groups in total. The molecule has 0 spiro atoms. The van der Waals surface area contributed by atoms with Gasteiger partial charge in [0.05, 0.1) is 0 Å². The van der Waals surface area contributed by atoms with E-state index in [0.717, 1.165) is 18.4 Å². The second-order valence-corrected chi connectivity index (χ2v) is 12.5. The smallest absolute Gasteiger partial charge is 0.0150 e. The molecule has 0 amide bonds. The van der Waals surface area contributed by atoms with E-state index in [1.165, 1.54) is 71.4 Å². The Morgan fingerprint density at radius 2 is 1.12 bits per heavy atom. The maximum absolute atomic E-state index is 3.52. The SMILES string of the molecule is C1=C(N/C=C/C=C(\C=C/c2ccccc2)c2ccc(-c3cccc4c5ccccc5c5ccccc5c34)cc2)CCC(c2ccccc2)=C1. The standard InChI is InChI=1S/C48H37N/c1-3-13-35(14-4-1)24-25-37(17-12-34-49-41-32-30-39(31-33-41)36-15-5-2-6-16-36)38-26-28-40(29-27-38)42-22-11-23-47-45-19-8-7-18-43(45)44-20-9-10-21-46(44)48(42)47/h1-30,32,34,49H,31,33H2/b25-24-,34-12+,37-17+. The van der Waals surface area contributed by atoms with Gasteiger partial charge >= 0.3 is 0 Å². The first-order valence-corrected chi connectivity index (χ1v) is 17.1. The van der Waals surface area contributed by atoms with Crippen LogP contribution in [0.4, 0.5) is 0 Å². The molecule has 1 aliphatic rings. The Morgan fingerprint density at radius 1 is 0.510 bits per heavy atom. The van der Waals surface area contributed by atoms with E-state index in [2.05, 4.69) is 193 Å². The van der Waals surface area contributed by atoms with Gasteiger partial charge in [0.25, 0.3) is 0 Å². The third kappa shape index (κ3) is 6.40. The van der Waals surface area contributed by atoms with Gasteiger partial charge in [0.2, 0.25) is 0 Å². The summed E-state index contributed by atoms with van der Waals surface area (Å²) in [5, 5.41) is 11.3. The van der Waals surface area contributed by atoms with E-state index in [4.69, 9.17) is 0 Å². The van der Waals surface area contributed by atoms with Crippen LogP contribution in [0.2, 0.25) is 0 Å². The zero-order valence-electron chi connectivity index (χ0n) is 27.4. The van der Waals surface area contributed by atoms with E-state index >= 15 is 0 Å². The van der Waals surface area contributed by atoms with E-state index in [-0.39, 0.29) is 0 Å². The Balaban J connectivity index is 1.11. The molecule has 49 heavy (non-hydrogen) atoms.